The Morgan fingerprint density at radius 3 is 2.30 bits per heavy atom. The lowest BCUT2D eigenvalue weighted by Crippen LogP contribution is -2.48. The Bertz CT molecular complexity index is 524. The van der Waals surface area contributed by atoms with Gasteiger partial charge in [0.15, 0.2) is 8.87 Å². The van der Waals surface area contributed by atoms with Crippen molar-refractivity contribution in [2.75, 3.05) is 18.6 Å². The topological polar surface area (TPSA) is 86.4 Å². The van der Waals surface area contributed by atoms with Crippen LogP contribution < -0.4 is 5.32 Å². The number of carbonyl (C=O) groups is 1. The number of nitrogens with one attached hydrogen (secondary N) is 1. The second-order valence-electron chi connectivity index (χ2n) is 5.85. The van der Waals surface area contributed by atoms with Gasteiger partial charge in [0.1, 0.15) is 0 Å². The molecule has 0 bridgehead atoms. The molecule has 8 heteroatoms. The summed E-state index contributed by atoms with van der Waals surface area (Å²) in [7, 11) is -2.31. The molecule has 1 aliphatic heterocycles. The molecule has 1 amide bonds. The maximum Gasteiger partial charge on any atom is 0.248 e. The number of hydrogen-bond acceptors (Lipinski definition) is 5. The van der Waals surface area contributed by atoms with E-state index in [4.69, 9.17) is 0 Å². The summed E-state index contributed by atoms with van der Waals surface area (Å²) in [5.41, 5.74) is -1.20. The molecule has 6 nitrogen and oxygen atoms in total. The molecule has 1 rings (SSSR count). The SMILES string of the molecule is CC1(C)C=C(C(=O)NCCSS(C)(=O)=O)C(C)(C)N1[O]. The van der Waals surface area contributed by atoms with Crippen LogP contribution in [0.2, 0.25) is 0 Å². The summed E-state index contributed by atoms with van der Waals surface area (Å²) in [4.78, 5) is 12.1. The van der Waals surface area contributed by atoms with E-state index in [1.165, 1.54) is 0 Å². The summed E-state index contributed by atoms with van der Waals surface area (Å²) in [5.74, 6) is -0.0431. The normalized spacial score (nSPS) is 21.6. The fourth-order valence-electron chi connectivity index (χ4n) is 2.21. The lowest BCUT2D eigenvalue weighted by atomic mass is 9.96. The standard InChI is InChI=1S/C12H21N2O4S2/c1-11(2)8-9(12(3,4)14(11)16)10(15)13-6-7-19-20(5,17)18/h8H,6-7H2,1-5H3,(H,13,15). The Morgan fingerprint density at radius 1 is 1.35 bits per heavy atom. The van der Waals surface area contributed by atoms with E-state index < -0.39 is 19.9 Å². The van der Waals surface area contributed by atoms with Crippen molar-refractivity contribution in [2.24, 2.45) is 0 Å². The Morgan fingerprint density at radius 2 is 1.90 bits per heavy atom. The zero-order valence-corrected chi connectivity index (χ0v) is 14.0. The van der Waals surface area contributed by atoms with Crippen LogP contribution in [0.15, 0.2) is 11.6 Å². The van der Waals surface area contributed by atoms with Crippen molar-refractivity contribution >= 4 is 25.6 Å². The number of hydrogen-bond donors (Lipinski definition) is 1. The maximum atomic E-state index is 12.1. The summed E-state index contributed by atoms with van der Waals surface area (Å²) in [6.07, 6.45) is 2.79. The van der Waals surface area contributed by atoms with Crippen LogP contribution in [0.4, 0.5) is 0 Å². The second-order valence-corrected chi connectivity index (χ2v) is 10.4. The summed E-state index contributed by atoms with van der Waals surface area (Å²) in [6.45, 7) is 7.14. The average Bonchev–Trinajstić information content (AvgIpc) is 2.44. The lowest BCUT2D eigenvalue weighted by Gasteiger charge is -2.33. The van der Waals surface area contributed by atoms with Crippen LogP contribution in [-0.4, -0.2) is 49.0 Å². The highest BCUT2D eigenvalue weighted by molar-refractivity contribution is 8.71. The molecule has 0 atom stereocenters. The molecule has 20 heavy (non-hydrogen) atoms. The molecule has 0 aromatic rings. The van der Waals surface area contributed by atoms with E-state index in [-0.39, 0.29) is 18.2 Å². The zero-order valence-electron chi connectivity index (χ0n) is 12.4. The Kier molecular flexibility index (Phi) is 4.95. The van der Waals surface area contributed by atoms with Gasteiger partial charge in [-0.3, -0.25) is 4.79 Å². The van der Waals surface area contributed by atoms with Gasteiger partial charge in [-0.25, -0.2) is 8.42 Å². The third-order valence-electron chi connectivity index (χ3n) is 3.12. The summed E-state index contributed by atoms with van der Waals surface area (Å²) < 4.78 is 21.9. The van der Waals surface area contributed by atoms with Crippen LogP contribution in [0, 0.1) is 0 Å². The number of rotatable bonds is 5. The second kappa shape index (κ2) is 5.67. The molecule has 0 aromatic carbocycles. The molecule has 1 radical (unpaired) electrons. The molecule has 1 heterocycles. The average molecular weight is 321 g/mol. The predicted molar refractivity (Wildman–Crippen MR) is 79.1 cm³/mol. The van der Waals surface area contributed by atoms with Gasteiger partial charge in [0.05, 0.1) is 11.1 Å². The van der Waals surface area contributed by atoms with Gasteiger partial charge in [-0.15, -0.1) is 10.3 Å². The van der Waals surface area contributed by atoms with Gasteiger partial charge in [0.2, 0.25) is 5.91 Å². The fourth-order valence-corrected chi connectivity index (χ4v) is 3.86. The van der Waals surface area contributed by atoms with Crippen LogP contribution in [-0.2, 0) is 18.9 Å². The largest absolute Gasteiger partial charge is 0.351 e. The summed E-state index contributed by atoms with van der Waals surface area (Å²) in [5, 5.41) is 15.7. The van der Waals surface area contributed by atoms with Gasteiger partial charge in [0, 0.05) is 24.1 Å². The molecule has 0 aromatic heterocycles. The van der Waals surface area contributed by atoms with Gasteiger partial charge in [-0.2, -0.15) is 0 Å². The molecule has 115 valence electrons. The Hall–Kier alpha value is -0.570. The third-order valence-corrected chi connectivity index (χ3v) is 5.70. The Balaban J connectivity index is 2.65. The van der Waals surface area contributed by atoms with E-state index in [0.29, 0.717) is 5.57 Å². The van der Waals surface area contributed by atoms with E-state index in [1.54, 1.807) is 33.8 Å². The minimum Gasteiger partial charge on any atom is -0.351 e. The number of nitrogens with zero attached hydrogens (tertiary/aromatic N) is 1. The quantitative estimate of drug-likeness (QED) is 0.601. The first-order chi connectivity index (χ1) is 8.88. The van der Waals surface area contributed by atoms with Crippen molar-refractivity contribution in [3.63, 3.8) is 0 Å². The predicted octanol–water partition coefficient (Wildman–Crippen LogP) is 0.940. The fraction of sp³-hybridized carbons (Fsp3) is 0.750. The first-order valence-electron chi connectivity index (χ1n) is 6.21. The van der Waals surface area contributed by atoms with Crippen molar-refractivity contribution in [3.05, 3.63) is 11.6 Å². The van der Waals surface area contributed by atoms with Gasteiger partial charge in [-0.05, 0) is 38.5 Å². The van der Waals surface area contributed by atoms with E-state index in [2.05, 4.69) is 5.32 Å². The van der Waals surface area contributed by atoms with Gasteiger partial charge < -0.3 is 5.32 Å². The number of hydroxylamine groups is 2. The summed E-state index contributed by atoms with van der Waals surface area (Å²) >= 11 is 0. The molecule has 0 spiro atoms. The van der Waals surface area contributed by atoms with E-state index >= 15 is 0 Å². The first kappa shape index (κ1) is 17.5. The van der Waals surface area contributed by atoms with Crippen molar-refractivity contribution in [1.82, 2.24) is 10.4 Å². The van der Waals surface area contributed by atoms with Crippen LogP contribution >= 0.6 is 10.8 Å². The van der Waals surface area contributed by atoms with E-state index in [1.807, 2.05) is 0 Å². The van der Waals surface area contributed by atoms with Gasteiger partial charge in [0.25, 0.3) is 0 Å². The highest BCUT2D eigenvalue weighted by Crippen LogP contribution is 2.38. The highest BCUT2D eigenvalue weighted by atomic mass is 33.1. The number of carbonyl (C=O) groups excluding carboxylic acids is 1. The van der Waals surface area contributed by atoms with Crippen LogP contribution in [0.1, 0.15) is 27.7 Å². The van der Waals surface area contributed by atoms with Crippen molar-refractivity contribution in [3.8, 4) is 0 Å². The molecular weight excluding hydrogens is 300 g/mol. The molecule has 1 N–H and O–H groups in total. The molecule has 0 unspecified atom stereocenters. The van der Waals surface area contributed by atoms with Crippen LogP contribution in [0.5, 0.6) is 0 Å². The molecule has 0 saturated carbocycles. The smallest absolute Gasteiger partial charge is 0.248 e. The minimum atomic E-state index is -3.10. The zero-order chi connectivity index (χ0) is 15.8. The monoisotopic (exact) mass is 321 g/mol. The van der Waals surface area contributed by atoms with Crippen molar-refractivity contribution in [1.29, 1.82) is 0 Å². The molecule has 0 aliphatic carbocycles. The van der Waals surface area contributed by atoms with Crippen molar-refractivity contribution < 1.29 is 18.4 Å². The molecular formula is C12H21N2O4S2. The van der Waals surface area contributed by atoms with Crippen LogP contribution in [0.3, 0.4) is 0 Å². The lowest BCUT2D eigenvalue weighted by molar-refractivity contribution is -0.238. The van der Waals surface area contributed by atoms with E-state index in [0.717, 1.165) is 22.1 Å². The van der Waals surface area contributed by atoms with Crippen LogP contribution in [0.25, 0.3) is 0 Å². The molecule has 0 fully saturated rings. The van der Waals surface area contributed by atoms with Crippen molar-refractivity contribution in [2.45, 2.75) is 38.8 Å². The third kappa shape index (κ3) is 3.97. The van der Waals surface area contributed by atoms with Gasteiger partial charge >= 0.3 is 0 Å². The Labute approximate surface area is 123 Å². The minimum absolute atomic E-state index is 0.239. The molecule has 0 saturated heterocycles. The highest BCUT2D eigenvalue weighted by Gasteiger charge is 2.48. The first-order valence-corrected chi connectivity index (χ1v) is 9.61. The summed E-state index contributed by atoms with van der Waals surface area (Å²) in [6, 6.07) is 0. The maximum absolute atomic E-state index is 12.1. The van der Waals surface area contributed by atoms with Gasteiger partial charge in [-0.1, -0.05) is 6.08 Å². The van der Waals surface area contributed by atoms with E-state index in [9.17, 15) is 18.4 Å². The number of amides is 1. The molecule has 1 aliphatic rings.